The van der Waals surface area contributed by atoms with Gasteiger partial charge in [-0.25, -0.2) is 0 Å². The van der Waals surface area contributed by atoms with Gasteiger partial charge < -0.3 is 19.5 Å². The standard InChI is InChI=1S/C12H19N3O4S/c1-12(2-4-19-5-3-12)8-15-9(6-16)13-14-11(15)20-7-10(17)18/h16H,2-8H2,1H3,(H,17,18). The molecule has 0 amide bonds. The van der Waals surface area contributed by atoms with Crippen LogP contribution in [0.15, 0.2) is 5.16 Å². The highest BCUT2D eigenvalue weighted by molar-refractivity contribution is 7.99. The van der Waals surface area contributed by atoms with E-state index in [0.29, 0.717) is 17.5 Å². The topological polar surface area (TPSA) is 97.5 Å². The number of carboxylic acids is 1. The van der Waals surface area contributed by atoms with Crippen molar-refractivity contribution >= 4 is 17.7 Å². The van der Waals surface area contributed by atoms with Gasteiger partial charge in [-0.3, -0.25) is 4.79 Å². The van der Waals surface area contributed by atoms with Crippen molar-refractivity contribution in [3.05, 3.63) is 5.82 Å². The maximum atomic E-state index is 10.7. The first kappa shape index (κ1) is 15.3. The summed E-state index contributed by atoms with van der Waals surface area (Å²) < 4.78 is 7.21. The minimum Gasteiger partial charge on any atom is -0.481 e. The third kappa shape index (κ3) is 3.71. The molecule has 1 aromatic heterocycles. The van der Waals surface area contributed by atoms with Crippen molar-refractivity contribution in [2.45, 2.75) is 38.1 Å². The van der Waals surface area contributed by atoms with Crippen molar-refractivity contribution in [1.29, 1.82) is 0 Å². The molecular weight excluding hydrogens is 282 g/mol. The summed E-state index contributed by atoms with van der Waals surface area (Å²) >= 11 is 1.13. The summed E-state index contributed by atoms with van der Waals surface area (Å²) in [5.41, 5.74) is 0.0586. The number of nitrogens with zero attached hydrogens (tertiary/aromatic N) is 3. The molecule has 1 aromatic rings. The third-order valence-electron chi connectivity index (χ3n) is 3.50. The number of hydrogen-bond acceptors (Lipinski definition) is 6. The monoisotopic (exact) mass is 301 g/mol. The molecule has 2 heterocycles. The minimum absolute atomic E-state index is 0.0586. The van der Waals surface area contributed by atoms with Crippen LogP contribution in [0.2, 0.25) is 0 Å². The van der Waals surface area contributed by atoms with Crippen LogP contribution in [0, 0.1) is 5.41 Å². The lowest BCUT2D eigenvalue weighted by molar-refractivity contribution is -0.133. The molecule has 20 heavy (non-hydrogen) atoms. The molecule has 8 heteroatoms. The van der Waals surface area contributed by atoms with E-state index in [4.69, 9.17) is 9.84 Å². The Labute approximate surface area is 121 Å². The van der Waals surface area contributed by atoms with Gasteiger partial charge in [0.05, 0.1) is 5.75 Å². The Morgan fingerprint density at radius 1 is 1.45 bits per heavy atom. The van der Waals surface area contributed by atoms with E-state index in [0.717, 1.165) is 37.8 Å². The lowest BCUT2D eigenvalue weighted by Crippen LogP contribution is -2.31. The molecule has 0 aliphatic carbocycles. The van der Waals surface area contributed by atoms with Gasteiger partial charge in [0.25, 0.3) is 0 Å². The van der Waals surface area contributed by atoms with Crippen LogP contribution in [0.25, 0.3) is 0 Å². The van der Waals surface area contributed by atoms with E-state index >= 15 is 0 Å². The number of carboxylic acid groups (broad SMARTS) is 1. The highest BCUT2D eigenvalue weighted by Crippen LogP contribution is 2.33. The SMILES string of the molecule is CC1(Cn2c(CO)nnc2SCC(=O)O)CCOCC1. The van der Waals surface area contributed by atoms with E-state index < -0.39 is 5.97 Å². The molecule has 0 saturated carbocycles. The van der Waals surface area contributed by atoms with Gasteiger partial charge in [-0.1, -0.05) is 18.7 Å². The predicted octanol–water partition coefficient (Wildman–Crippen LogP) is 0.764. The van der Waals surface area contributed by atoms with Crippen LogP contribution >= 0.6 is 11.8 Å². The van der Waals surface area contributed by atoms with Gasteiger partial charge in [0.15, 0.2) is 11.0 Å². The number of rotatable bonds is 6. The number of carbonyl (C=O) groups is 1. The maximum absolute atomic E-state index is 10.7. The van der Waals surface area contributed by atoms with Crippen molar-refractivity contribution in [3.63, 3.8) is 0 Å². The molecule has 2 N–H and O–H groups in total. The summed E-state index contributed by atoms with van der Waals surface area (Å²) in [6.45, 7) is 4.09. The molecule has 0 radical (unpaired) electrons. The maximum Gasteiger partial charge on any atom is 0.313 e. The molecular formula is C12H19N3O4S. The van der Waals surface area contributed by atoms with E-state index in [1.54, 1.807) is 0 Å². The largest absolute Gasteiger partial charge is 0.481 e. The summed E-state index contributed by atoms with van der Waals surface area (Å²) in [4.78, 5) is 10.7. The van der Waals surface area contributed by atoms with Gasteiger partial charge in [-0.15, -0.1) is 10.2 Å². The second kappa shape index (κ2) is 6.55. The zero-order valence-corrected chi connectivity index (χ0v) is 12.2. The fourth-order valence-electron chi connectivity index (χ4n) is 2.23. The Morgan fingerprint density at radius 2 is 2.15 bits per heavy atom. The molecule has 1 saturated heterocycles. The van der Waals surface area contributed by atoms with Crippen LogP contribution in [0.1, 0.15) is 25.6 Å². The first-order valence-corrected chi connectivity index (χ1v) is 7.48. The third-order valence-corrected chi connectivity index (χ3v) is 4.45. The first-order chi connectivity index (χ1) is 9.54. The van der Waals surface area contributed by atoms with Crippen molar-refractivity contribution < 1.29 is 19.7 Å². The Morgan fingerprint density at radius 3 is 2.75 bits per heavy atom. The van der Waals surface area contributed by atoms with E-state index in [2.05, 4.69) is 17.1 Å². The molecule has 0 spiro atoms. The molecule has 112 valence electrons. The quantitative estimate of drug-likeness (QED) is 0.749. The van der Waals surface area contributed by atoms with Crippen molar-refractivity contribution in [1.82, 2.24) is 14.8 Å². The Bertz CT molecular complexity index is 471. The molecule has 1 fully saturated rings. The van der Waals surface area contributed by atoms with Crippen molar-refractivity contribution in [2.24, 2.45) is 5.41 Å². The van der Waals surface area contributed by atoms with E-state index in [1.807, 2.05) is 4.57 Å². The van der Waals surface area contributed by atoms with Crippen molar-refractivity contribution in [3.8, 4) is 0 Å². The number of aliphatic carboxylic acids is 1. The van der Waals surface area contributed by atoms with E-state index in [-0.39, 0.29) is 17.8 Å². The average Bonchev–Trinajstić information content (AvgIpc) is 2.78. The Kier molecular flexibility index (Phi) is 5.00. The molecule has 0 bridgehead atoms. The number of ether oxygens (including phenoxy) is 1. The summed E-state index contributed by atoms with van der Waals surface area (Å²) in [6.07, 6.45) is 1.86. The van der Waals surface area contributed by atoms with Gasteiger partial charge in [0, 0.05) is 19.8 Å². The summed E-state index contributed by atoms with van der Waals surface area (Å²) in [6, 6.07) is 0. The van der Waals surface area contributed by atoms with Gasteiger partial charge in [-0.05, 0) is 18.3 Å². The fraction of sp³-hybridized carbons (Fsp3) is 0.750. The van der Waals surface area contributed by atoms with Crippen LogP contribution in [-0.2, 0) is 22.7 Å². The molecule has 0 unspecified atom stereocenters. The Hall–Kier alpha value is -1.12. The van der Waals surface area contributed by atoms with Crippen LogP contribution < -0.4 is 0 Å². The second-order valence-corrected chi connectivity index (χ2v) is 6.19. The molecule has 0 atom stereocenters. The highest BCUT2D eigenvalue weighted by Gasteiger charge is 2.30. The fourth-order valence-corrected chi connectivity index (χ4v) is 2.91. The number of hydrogen-bond donors (Lipinski definition) is 2. The Balaban J connectivity index is 2.15. The van der Waals surface area contributed by atoms with Gasteiger partial charge in [0.2, 0.25) is 0 Å². The van der Waals surface area contributed by atoms with Gasteiger partial charge >= 0.3 is 5.97 Å². The molecule has 0 aromatic carbocycles. The summed E-state index contributed by atoms with van der Waals surface area (Å²) in [5.74, 6) is -0.485. The summed E-state index contributed by atoms with van der Waals surface area (Å²) in [7, 11) is 0. The number of aliphatic hydroxyl groups is 1. The van der Waals surface area contributed by atoms with Crippen LogP contribution in [-0.4, -0.2) is 49.9 Å². The van der Waals surface area contributed by atoms with Crippen LogP contribution in [0.3, 0.4) is 0 Å². The van der Waals surface area contributed by atoms with E-state index in [9.17, 15) is 9.90 Å². The zero-order valence-electron chi connectivity index (χ0n) is 11.4. The average molecular weight is 301 g/mol. The summed E-state index contributed by atoms with van der Waals surface area (Å²) in [5, 5.41) is 26.6. The van der Waals surface area contributed by atoms with Crippen LogP contribution in [0.5, 0.6) is 0 Å². The lowest BCUT2D eigenvalue weighted by atomic mass is 9.82. The zero-order chi connectivity index (χ0) is 14.6. The lowest BCUT2D eigenvalue weighted by Gasteiger charge is -2.34. The number of aliphatic hydroxyl groups excluding tert-OH is 1. The van der Waals surface area contributed by atoms with Crippen molar-refractivity contribution in [2.75, 3.05) is 19.0 Å². The van der Waals surface area contributed by atoms with Gasteiger partial charge in [0.1, 0.15) is 6.61 Å². The number of thioether (sulfide) groups is 1. The minimum atomic E-state index is -0.896. The highest BCUT2D eigenvalue weighted by atomic mass is 32.2. The molecule has 7 nitrogen and oxygen atoms in total. The molecule has 2 rings (SSSR count). The first-order valence-electron chi connectivity index (χ1n) is 6.49. The number of aromatic nitrogens is 3. The normalized spacial score (nSPS) is 18.1. The molecule has 1 aliphatic rings. The van der Waals surface area contributed by atoms with Crippen LogP contribution in [0.4, 0.5) is 0 Å². The van der Waals surface area contributed by atoms with E-state index in [1.165, 1.54) is 0 Å². The smallest absolute Gasteiger partial charge is 0.313 e. The van der Waals surface area contributed by atoms with Gasteiger partial charge in [-0.2, -0.15) is 0 Å². The second-order valence-electron chi connectivity index (χ2n) is 5.25. The molecule has 1 aliphatic heterocycles. The predicted molar refractivity (Wildman–Crippen MR) is 72.5 cm³/mol.